The Kier molecular flexibility index (Phi) is 2.49. The molecule has 8 rings (SSSR count). The van der Waals surface area contributed by atoms with Crippen molar-refractivity contribution in [3.63, 3.8) is 0 Å². The molecule has 30 heavy (non-hydrogen) atoms. The van der Waals surface area contributed by atoms with E-state index < -0.39 is 0 Å². The maximum absolute atomic E-state index is 2.46. The van der Waals surface area contributed by atoms with Crippen molar-refractivity contribution in [2.75, 3.05) is 0 Å². The topological polar surface area (TPSA) is 0 Å². The van der Waals surface area contributed by atoms with Crippen molar-refractivity contribution in [3.8, 4) is 0 Å². The van der Waals surface area contributed by atoms with Crippen LogP contribution in [-0.2, 0) is 0 Å². The Morgan fingerprint density at radius 1 is 0.267 bits per heavy atom. The molecule has 0 aliphatic rings. The number of fused-ring (bicyclic) bond motifs is 4. The van der Waals surface area contributed by atoms with Gasteiger partial charge in [0.15, 0.2) is 0 Å². The summed E-state index contributed by atoms with van der Waals surface area (Å²) in [5.41, 5.74) is 0. The summed E-state index contributed by atoms with van der Waals surface area (Å²) in [5.74, 6) is 0. The first-order valence-corrected chi connectivity index (χ1v) is 10.5. The molecule has 0 aromatic heterocycles. The zero-order valence-electron chi connectivity index (χ0n) is 16.2. The number of hydrogen-bond acceptors (Lipinski definition) is 0. The van der Waals surface area contributed by atoms with Crippen LogP contribution in [0.1, 0.15) is 0 Å². The zero-order valence-corrected chi connectivity index (χ0v) is 16.2. The molecule has 8 aromatic carbocycles. The highest BCUT2D eigenvalue weighted by Crippen LogP contribution is 2.47. The van der Waals surface area contributed by atoms with E-state index in [4.69, 9.17) is 0 Å². The van der Waals surface area contributed by atoms with Gasteiger partial charge in [-0.25, -0.2) is 0 Å². The lowest BCUT2D eigenvalue weighted by atomic mass is 9.84. The highest BCUT2D eigenvalue weighted by atomic mass is 14.2. The van der Waals surface area contributed by atoms with E-state index in [1.54, 1.807) is 0 Å². The van der Waals surface area contributed by atoms with E-state index in [0.29, 0.717) is 0 Å². The van der Waals surface area contributed by atoms with Crippen LogP contribution in [0.5, 0.6) is 0 Å². The number of benzene rings is 8. The molecule has 0 spiro atoms. The minimum atomic E-state index is 1.31. The maximum Gasteiger partial charge on any atom is -0.00137 e. The van der Waals surface area contributed by atoms with Crippen molar-refractivity contribution >= 4 is 75.4 Å². The molecule has 0 N–H and O–H groups in total. The molecule has 8 aromatic rings. The van der Waals surface area contributed by atoms with E-state index in [9.17, 15) is 0 Å². The van der Waals surface area contributed by atoms with Crippen LogP contribution in [0.2, 0.25) is 0 Å². The Hall–Kier alpha value is -3.90. The fourth-order valence-corrected chi connectivity index (χ4v) is 5.89. The molecule has 136 valence electrons. The van der Waals surface area contributed by atoms with Crippen LogP contribution in [0.4, 0.5) is 0 Å². The van der Waals surface area contributed by atoms with Crippen LogP contribution in [0, 0.1) is 0 Å². The first-order valence-electron chi connectivity index (χ1n) is 10.5. The molecule has 0 atom stereocenters. The van der Waals surface area contributed by atoms with Crippen molar-refractivity contribution in [2.24, 2.45) is 0 Å². The second-order valence-corrected chi connectivity index (χ2v) is 8.53. The Morgan fingerprint density at radius 2 is 0.867 bits per heavy atom. The Morgan fingerprint density at radius 3 is 1.77 bits per heavy atom. The molecule has 0 heteroatoms. The van der Waals surface area contributed by atoms with Gasteiger partial charge in [0.1, 0.15) is 0 Å². The molecule has 0 unspecified atom stereocenters. The molecule has 0 fully saturated rings. The highest BCUT2D eigenvalue weighted by molar-refractivity contribution is 6.41. The summed E-state index contributed by atoms with van der Waals surface area (Å²) in [5, 5.41) is 19.1. The van der Waals surface area contributed by atoms with Crippen molar-refractivity contribution < 1.29 is 0 Å². The van der Waals surface area contributed by atoms with Crippen LogP contribution in [0.15, 0.2) is 97.1 Å². The van der Waals surface area contributed by atoms with Gasteiger partial charge in [0.2, 0.25) is 0 Å². The third-order valence-corrected chi connectivity index (χ3v) is 7.09. The van der Waals surface area contributed by atoms with E-state index >= 15 is 0 Å². The first-order chi connectivity index (χ1) is 14.9. The van der Waals surface area contributed by atoms with Crippen LogP contribution in [0.3, 0.4) is 0 Å². The van der Waals surface area contributed by atoms with Gasteiger partial charge in [-0.15, -0.1) is 0 Å². The monoisotopic (exact) mass is 376 g/mol. The lowest BCUT2D eigenvalue weighted by molar-refractivity contribution is 1.79. The fourth-order valence-electron chi connectivity index (χ4n) is 5.89. The predicted molar refractivity (Wildman–Crippen MR) is 131 cm³/mol. The second kappa shape index (κ2) is 4.98. The average Bonchev–Trinajstić information content (AvgIpc) is 2.81. The van der Waals surface area contributed by atoms with Gasteiger partial charge >= 0.3 is 0 Å². The van der Waals surface area contributed by atoms with Crippen LogP contribution >= 0.6 is 0 Å². The highest BCUT2D eigenvalue weighted by Gasteiger charge is 2.18. The third-order valence-electron chi connectivity index (χ3n) is 7.09. The number of rotatable bonds is 0. The molecule has 0 saturated carbocycles. The van der Waals surface area contributed by atoms with Gasteiger partial charge < -0.3 is 0 Å². The lowest BCUT2D eigenvalue weighted by Gasteiger charge is -2.19. The largest absolute Gasteiger partial charge is 0.0616 e. The molecule has 0 amide bonds. The Labute approximate surface area is 172 Å². The molecule has 0 nitrogen and oxygen atoms in total. The third kappa shape index (κ3) is 1.62. The van der Waals surface area contributed by atoms with E-state index in [0.717, 1.165) is 0 Å². The van der Waals surface area contributed by atoms with Crippen molar-refractivity contribution in [2.45, 2.75) is 0 Å². The summed E-state index contributed by atoms with van der Waals surface area (Å²) in [7, 11) is 0. The Balaban J connectivity index is 1.84. The fraction of sp³-hybridized carbons (Fsp3) is 0. The van der Waals surface area contributed by atoms with Crippen LogP contribution in [-0.4, -0.2) is 0 Å². The van der Waals surface area contributed by atoms with E-state index in [1.807, 2.05) is 0 Å². The Bertz CT molecular complexity index is 1930. The van der Waals surface area contributed by atoms with Gasteiger partial charge in [0.25, 0.3) is 0 Å². The predicted octanol–water partition coefficient (Wildman–Crippen LogP) is 8.63. The molecular formula is C30H16. The van der Waals surface area contributed by atoms with E-state index in [1.165, 1.54) is 75.4 Å². The van der Waals surface area contributed by atoms with Gasteiger partial charge in [-0.05, 0) is 87.5 Å². The molecule has 0 bridgehead atoms. The van der Waals surface area contributed by atoms with E-state index in [-0.39, 0.29) is 0 Å². The summed E-state index contributed by atoms with van der Waals surface area (Å²) in [4.78, 5) is 0. The van der Waals surface area contributed by atoms with Gasteiger partial charge in [0, 0.05) is 0 Å². The summed E-state index contributed by atoms with van der Waals surface area (Å²) in [6.07, 6.45) is 0. The first kappa shape index (κ1) is 15.0. The van der Waals surface area contributed by atoms with Crippen molar-refractivity contribution in [1.29, 1.82) is 0 Å². The van der Waals surface area contributed by atoms with Gasteiger partial charge in [-0.2, -0.15) is 0 Å². The van der Waals surface area contributed by atoms with Crippen LogP contribution in [0.25, 0.3) is 75.4 Å². The smallest absolute Gasteiger partial charge is 0.00137 e. The molecule has 0 heterocycles. The van der Waals surface area contributed by atoms with Crippen LogP contribution < -0.4 is 0 Å². The average molecular weight is 376 g/mol. The minimum Gasteiger partial charge on any atom is -0.0616 e. The standard InChI is InChI=1S/C30H16/c1-2-8-21-19(5-1)15-20-12-11-18-13-14-24-22-9-3-6-17-7-4-10-23(27(17)22)26-16-25(21)28(20)29(18)30(24)26/h1-16H. The zero-order chi connectivity index (χ0) is 19.4. The normalized spacial score (nSPS) is 12.7. The molecule has 0 saturated heterocycles. The molecule has 0 aliphatic heterocycles. The molecular weight excluding hydrogens is 360 g/mol. The van der Waals surface area contributed by atoms with Gasteiger partial charge in [-0.1, -0.05) is 84.9 Å². The maximum atomic E-state index is 2.46. The second-order valence-electron chi connectivity index (χ2n) is 8.53. The summed E-state index contributed by atoms with van der Waals surface area (Å²) < 4.78 is 0. The SMILES string of the molecule is c1ccc2c(c1)cc1ccc3ccc4c5cccc6cccc(c7cc2c1c3c47)c65. The van der Waals surface area contributed by atoms with Gasteiger partial charge in [0.05, 0.1) is 0 Å². The number of hydrogen-bond donors (Lipinski definition) is 0. The summed E-state index contributed by atoms with van der Waals surface area (Å²) in [6, 6.07) is 36.3. The van der Waals surface area contributed by atoms with E-state index in [2.05, 4.69) is 97.1 Å². The van der Waals surface area contributed by atoms with Gasteiger partial charge in [-0.3, -0.25) is 0 Å². The summed E-state index contributed by atoms with van der Waals surface area (Å²) >= 11 is 0. The molecule has 0 aliphatic carbocycles. The lowest BCUT2D eigenvalue weighted by Crippen LogP contribution is -1.91. The summed E-state index contributed by atoms with van der Waals surface area (Å²) in [6.45, 7) is 0. The molecule has 0 radical (unpaired) electrons. The minimum absolute atomic E-state index is 1.31. The van der Waals surface area contributed by atoms with Crippen molar-refractivity contribution in [1.82, 2.24) is 0 Å². The van der Waals surface area contributed by atoms with Crippen molar-refractivity contribution in [3.05, 3.63) is 97.1 Å². The quantitative estimate of drug-likeness (QED) is 0.183.